The minimum Gasteiger partial charge on any atom is -0.497 e. The average Bonchev–Trinajstić information content (AvgIpc) is 3.10. The number of hydrogen-bond donors (Lipinski definition) is 1. The largest absolute Gasteiger partial charge is 0.497 e. The van der Waals surface area contributed by atoms with E-state index in [2.05, 4.69) is 10.3 Å². The van der Waals surface area contributed by atoms with Crippen LogP contribution < -0.4 is 15.6 Å². The van der Waals surface area contributed by atoms with Gasteiger partial charge in [0.1, 0.15) is 23.4 Å². The van der Waals surface area contributed by atoms with E-state index in [0.29, 0.717) is 40.0 Å². The van der Waals surface area contributed by atoms with E-state index < -0.39 is 6.10 Å². The summed E-state index contributed by atoms with van der Waals surface area (Å²) in [7, 11) is 3.22. The van der Waals surface area contributed by atoms with Crippen LogP contribution >= 0.6 is 11.6 Å². The maximum Gasteiger partial charge on any atom is 0.302 e. The Hall–Kier alpha value is -3.32. The molecule has 0 aliphatic heterocycles. The molecule has 1 aromatic heterocycles. The lowest BCUT2D eigenvalue weighted by atomic mass is 10.1. The summed E-state index contributed by atoms with van der Waals surface area (Å²) in [6.45, 7) is 3.16. The van der Waals surface area contributed by atoms with Gasteiger partial charge in [0.2, 0.25) is 0 Å². The minimum absolute atomic E-state index is 0.245. The van der Waals surface area contributed by atoms with E-state index in [1.807, 2.05) is 24.3 Å². The van der Waals surface area contributed by atoms with Gasteiger partial charge < -0.3 is 14.8 Å². The van der Waals surface area contributed by atoms with E-state index in [0.717, 1.165) is 11.1 Å². The Labute approximate surface area is 191 Å². The Morgan fingerprint density at radius 2 is 2.00 bits per heavy atom. The number of methoxy groups -OCH3 is 1. The van der Waals surface area contributed by atoms with Gasteiger partial charge in [-0.3, -0.25) is 14.2 Å². The van der Waals surface area contributed by atoms with Gasteiger partial charge in [-0.25, -0.2) is 4.98 Å². The highest BCUT2D eigenvalue weighted by atomic mass is 35.5. The van der Waals surface area contributed by atoms with Crippen molar-refractivity contribution in [2.75, 3.05) is 12.4 Å². The fourth-order valence-electron chi connectivity index (χ4n) is 4.13. The van der Waals surface area contributed by atoms with Crippen molar-refractivity contribution in [2.24, 2.45) is 7.05 Å². The molecule has 1 heterocycles. The van der Waals surface area contributed by atoms with Crippen LogP contribution in [-0.2, 0) is 23.0 Å². The topological polar surface area (TPSA) is 82.4 Å². The summed E-state index contributed by atoms with van der Waals surface area (Å²) < 4.78 is 12.2. The van der Waals surface area contributed by atoms with Gasteiger partial charge in [-0.05, 0) is 36.2 Å². The molecule has 166 valence electrons. The molecule has 0 unspecified atom stereocenters. The standard InChI is InChI=1S/C24H24ClN3O4/c1-13-21(27-22-17-8-6-5-7-15(17)11-20(22)32-14(2)29)24(30)28(3)23(26-13)18-10-9-16(31-4)12-19(18)25/h5-10,12,20,22,27H,11H2,1-4H3/t20-,22-/m0/s1. The Balaban J connectivity index is 1.74. The van der Waals surface area contributed by atoms with Crippen LogP contribution in [-0.4, -0.2) is 28.7 Å². The summed E-state index contributed by atoms with van der Waals surface area (Å²) in [5, 5.41) is 3.75. The Kier molecular flexibility index (Phi) is 5.93. The fourth-order valence-corrected chi connectivity index (χ4v) is 4.38. The van der Waals surface area contributed by atoms with Crippen LogP contribution in [0, 0.1) is 6.92 Å². The highest BCUT2D eigenvalue weighted by Gasteiger charge is 2.35. The molecule has 0 fully saturated rings. The first-order valence-corrected chi connectivity index (χ1v) is 10.6. The number of halogens is 1. The molecule has 3 aromatic rings. The van der Waals surface area contributed by atoms with Gasteiger partial charge in [-0.15, -0.1) is 0 Å². The van der Waals surface area contributed by atoms with Crippen LogP contribution in [0.3, 0.4) is 0 Å². The van der Waals surface area contributed by atoms with Crippen molar-refractivity contribution < 1.29 is 14.3 Å². The van der Waals surface area contributed by atoms with Crippen LogP contribution in [0.1, 0.15) is 29.8 Å². The lowest BCUT2D eigenvalue weighted by molar-refractivity contribution is -0.146. The first-order chi connectivity index (χ1) is 15.3. The number of fused-ring (bicyclic) bond motifs is 1. The summed E-state index contributed by atoms with van der Waals surface area (Å²) >= 11 is 6.42. The van der Waals surface area contributed by atoms with Crippen molar-refractivity contribution >= 4 is 23.3 Å². The maximum atomic E-state index is 13.3. The summed E-state index contributed by atoms with van der Waals surface area (Å²) in [5.74, 6) is 0.714. The molecule has 0 saturated heterocycles. The lowest BCUT2D eigenvalue weighted by Gasteiger charge is -2.24. The fraction of sp³-hybridized carbons (Fsp3) is 0.292. The summed E-state index contributed by atoms with van der Waals surface area (Å²) in [5.41, 5.74) is 3.36. The first-order valence-electron chi connectivity index (χ1n) is 10.2. The highest BCUT2D eigenvalue weighted by Crippen LogP contribution is 2.36. The number of aryl methyl sites for hydroxylation is 1. The highest BCUT2D eigenvalue weighted by molar-refractivity contribution is 6.33. The number of anilines is 1. The van der Waals surface area contributed by atoms with Crippen LogP contribution in [0.15, 0.2) is 47.3 Å². The van der Waals surface area contributed by atoms with Gasteiger partial charge in [0, 0.05) is 26.0 Å². The molecule has 2 aromatic carbocycles. The number of nitrogens with one attached hydrogen (secondary N) is 1. The second-order valence-corrected chi connectivity index (χ2v) is 8.19. The van der Waals surface area contributed by atoms with Crippen LogP contribution in [0.5, 0.6) is 5.75 Å². The average molecular weight is 454 g/mol. The van der Waals surface area contributed by atoms with Crippen LogP contribution in [0.25, 0.3) is 11.4 Å². The van der Waals surface area contributed by atoms with Gasteiger partial charge in [-0.1, -0.05) is 35.9 Å². The van der Waals surface area contributed by atoms with Crippen LogP contribution in [0.2, 0.25) is 5.02 Å². The number of ether oxygens (including phenoxy) is 2. The molecule has 1 N–H and O–H groups in total. The second kappa shape index (κ2) is 8.67. The van der Waals surface area contributed by atoms with E-state index in [4.69, 9.17) is 21.1 Å². The molecule has 32 heavy (non-hydrogen) atoms. The first kappa shape index (κ1) is 21.9. The number of hydrogen-bond acceptors (Lipinski definition) is 6. The molecule has 0 spiro atoms. The molecule has 2 atom stereocenters. The van der Waals surface area contributed by atoms with E-state index in [1.54, 1.807) is 39.3 Å². The predicted molar refractivity (Wildman–Crippen MR) is 123 cm³/mol. The molecule has 1 aliphatic rings. The van der Waals surface area contributed by atoms with Gasteiger partial charge in [0.25, 0.3) is 5.56 Å². The Morgan fingerprint density at radius 1 is 1.25 bits per heavy atom. The normalized spacial score (nSPS) is 17.0. The molecule has 8 heteroatoms. The number of nitrogens with zero attached hydrogens (tertiary/aromatic N) is 2. The molecule has 0 amide bonds. The molecule has 4 rings (SSSR count). The zero-order valence-corrected chi connectivity index (χ0v) is 19.1. The number of aromatic nitrogens is 2. The third kappa shape index (κ3) is 3.96. The number of rotatable bonds is 5. The van der Waals surface area contributed by atoms with Crippen molar-refractivity contribution in [2.45, 2.75) is 32.4 Å². The quantitative estimate of drug-likeness (QED) is 0.587. The predicted octanol–water partition coefficient (Wildman–Crippen LogP) is 4.06. The zero-order chi connectivity index (χ0) is 23.0. The van der Waals surface area contributed by atoms with Crippen molar-refractivity contribution in [1.29, 1.82) is 0 Å². The van der Waals surface area contributed by atoms with Crippen molar-refractivity contribution in [3.05, 3.63) is 74.7 Å². The smallest absolute Gasteiger partial charge is 0.302 e. The van der Waals surface area contributed by atoms with Crippen molar-refractivity contribution in [3.8, 4) is 17.1 Å². The third-order valence-corrected chi connectivity index (χ3v) is 6.00. The number of benzene rings is 2. The van der Waals surface area contributed by atoms with E-state index >= 15 is 0 Å². The molecular weight excluding hydrogens is 430 g/mol. The Morgan fingerprint density at radius 3 is 2.69 bits per heavy atom. The molecule has 7 nitrogen and oxygen atoms in total. The zero-order valence-electron chi connectivity index (χ0n) is 18.3. The number of carbonyl (C=O) groups excluding carboxylic acids is 1. The molecule has 1 aliphatic carbocycles. The lowest BCUT2D eigenvalue weighted by Crippen LogP contribution is -2.31. The van der Waals surface area contributed by atoms with E-state index in [-0.39, 0.29) is 17.6 Å². The van der Waals surface area contributed by atoms with Gasteiger partial charge in [0.15, 0.2) is 0 Å². The molecule has 0 bridgehead atoms. The van der Waals surface area contributed by atoms with Crippen molar-refractivity contribution in [3.63, 3.8) is 0 Å². The Bertz CT molecular complexity index is 1250. The van der Waals surface area contributed by atoms with Crippen LogP contribution in [0.4, 0.5) is 5.69 Å². The SMILES string of the molecule is COc1ccc(-c2nc(C)c(N[C@H]3c4ccccc4C[C@@H]3OC(C)=O)c(=O)n2C)c(Cl)c1. The molecule has 0 radical (unpaired) electrons. The minimum atomic E-state index is -0.412. The number of esters is 1. The monoisotopic (exact) mass is 453 g/mol. The summed E-state index contributed by atoms with van der Waals surface area (Å²) in [6, 6.07) is 12.8. The number of carbonyl (C=O) groups is 1. The van der Waals surface area contributed by atoms with Crippen molar-refractivity contribution in [1.82, 2.24) is 9.55 Å². The van der Waals surface area contributed by atoms with Gasteiger partial charge in [0.05, 0.1) is 23.9 Å². The molecule has 0 saturated carbocycles. The van der Waals surface area contributed by atoms with E-state index in [1.165, 1.54) is 11.5 Å². The third-order valence-electron chi connectivity index (χ3n) is 5.69. The maximum absolute atomic E-state index is 13.3. The van der Waals surface area contributed by atoms with Gasteiger partial charge in [-0.2, -0.15) is 0 Å². The second-order valence-electron chi connectivity index (χ2n) is 7.78. The van der Waals surface area contributed by atoms with Gasteiger partial charge >= 0.3 is 5.97 Å². The summed E-state index contributed by atoms with van der Waals surface area (Å²) in [6.07, 6.45) is 0.171. The summed E-state index contributed by atoms with van der Waals surface area (Å²) in [4.78, 5) is 29.7. The van der Waals surface area contributed by atoms with E-state index in [9.17, 15) is 9.59 Å². The molecular formula is C24H24ClN3O4.